The molecule has 0 aliphatic rings. The molecule has 0 N–H and O–H groups in total. The smallest absolute Gasteiger partial charge is 0.158 e. The molecule has 1 heteroatoms. The van der Waals surface area contributed by atoms with Crippen LogP contribution in [0.1, 0.15) is 0 Å². The molecule has 1 nitrogen and oxygen atoms in total. The summed E-state index contributed by atoms with van der Waals surface area (Å²) in [6.45, 7) is 0. The van der Waals surface area contributed by atoms with Crippen LogP contribution in [-0.2, 0) is 4.79 Å². The van der Waals surface area contributed by atoms with Gasteiger partial charge in [0.25, 0.3) is 0 Å². The van der Waals surface area contributed by atoms with E-state index in [0.717, 1.165) is 0 Å². The quantitative estimate of drug-likeness (QED) is 0.182. The summed E-state index contributed by atoms with van der Waals surface area (Å²) >= 11 is 0. The van der Waals surface area contributed by atoms with Crippen LogP contribution in [0.25, 0.3) is 0 Å². The van der Waals surface area contributed by atoms with Gasteiger partial charge in [-0.3, -0.25) is 11.8 Å². The van der Waals surface area contributed by atoms with Gasteiger partial charge < -0.3 is 12.8 Å². The summed E-state index contributed by atoms with van der Waals surface area (Å²) in [5.74, 6) is 4.76. The van der Waals surface area contributed by atoms with Crippen molar-refractivity contribution in [3.63, 3.8) is 0 Å². The monoisotopic (exact) mass is 100.0 g/mol. The van der Waals surface area contributed by atoms with E-state index in [4.69, 9.17) is 12.8 Å². The molecule has 0 saturated carbocycles. The first-order valence-electron chi connectivity index (χ1n) is 1.70. The Morgan fingerprint density at radius 1 is 1.25 bits per heavy atom. The maximum absolute atomic E-state index is 9.43. The maximum atomic E-state index is 9.43. The fourth-order valence-corrected chi connectivity index (χ4v) is 0.145. The normalized spacial score (nSPS) is 4.75. The Labute approximate surface area is 47.7 Å². The van der Waals surface area contributed by atoms with Gasteiger partial charge in [-0.2, -0.15) is 0 Å². The van der Waals surface area contributed by atoms with E-state index in [1.54, 1.807) is 11.8 Å². The van der Waals surface area contributed by atoms with Gasteiger partial charge in [0.2, 0.25) is 0 Å². The van der Waals surface area contributed by atoms with Crippen LogP contribution in [0.2, 0.25) is 0 Å². The van der Waals surface area contributed by atoms with Gasteiger partial charge in [0.15, 0.2) is 5.94 Å². The highest BCUT2D eigenvalue weighted by atomic mass is 16.1. The van der Waals surface area contributed by atoms with Gasteiger partial charge in [0.1, 0.15) is 0 Å². The minimum absolute atomic E-state index is 0.125. The van der Waals surface area contributed by atoms with E-state index in [1.807, 2.05) is 5.73 Å². The Morgan fingerprint density at radius 3 is 1.88 bits per heavy atom. The molecule has 0 fully saturated rings. The summed E-state index contributed by atoms with van der Waals surface area (Å²) in [7, 11) is 0. The predicted molar refractivity (Wildman–Crippen MR) is 27.0 cm³/mol. The first-order chi connectivity index (χ1) is 3.85. The zero-order valence-corrected chi connectivity index (χ0v) is 3.91. The van der Waals surface area contributed by atoms with Crippen LogP contribution in [0.15, 0.2) is 11.3 Å². The van der Waals surface area contributed by atoms with Crippen molar-refractivity contribution in [2.75, 3.05) is 0 Å². The second-order valence-electron chi connectivity index (χ2n) is 0.852. The third kappa shape index (κ3) is 1.71. The SMILES string of the molecule is [C-]#CC(=C=C=O)C#[C-]. The van der Waals surface area contributed by atoms with Crippen LogP contribution in [0, 0.1) is 24.7 Å². The molecule has 36 valence electrons. The molecular formula is C7O-2. The lowest BCUT2D eigenvalue weighted by molar-refractivity contribution is 0.569. The van der Waals surface area contributed by atoms with Crippen LogP contribution in [-0.4, -0.2) is 5.94 Å². The van der Waals surface area contributed by atoms with Gasteiger partial charge in [0.05, 0.1) is 0 Å². The van der Waals surface area contributed by atoms with Crippen LogP contribution >= 0.6 is 0 Å². The average molecular weight is 100 g/mol. The van der Waals surface area contributed by atoms with Crippen LogP contribution in [0.3, 0.4) is 0 Å². The zero-order chi connectivity index (χ0) is 6.41. The second-order valence-corrected chi connectivity index (χ2v) is 0.852. The molecule has 0 atom stereocenters. The lowest BCUT2D eigenvalue weighted by atomic mass is 10.3. The second kappa shape index (κ2) is 3.54. The molecular weight excluding hydrogens is 100 g/mol. The molecule has 0 radical (unpaired) electrons. The first-order valence-corrected chi connectivity index (χ1v) is 1.70. The minimum atomic E-state index is -0.125. The molecule has 0 aliphatic carbocycles. The van der Waals surface area contributed by atoms with Crippen molar-refractivity contribution in [2.45, 2.75) is 0 Å². The fraction of sp³-hybridized carbons (Fsp3) is 0. The zero-order valence-electron chi connectivity index (χ0n) is 3.91. The highest BCUT2D eigenvalue weighted by Crippen LogP contribution is 1.79. The van der Waals surface area contributed by atoms with Crippen LogP contribution in [0.5, 0.6) is 0 Å². The van der Waals surface area contributed by atoms with Crippen LogP contribution in [0.4, 0.5) is 0 Å². The molecule has 0 aromatic rings. The summed E-state index contributed by atoms with van der Waals surface area (Å²) < 4.78 is 0. The fourth-order valence-electron chi connectivity index (χ4n) is 0.145. The van der Waals surface area contributed by atoms with E-state index in [0.29, 0.717) is 0 Å². The number of hydrogen-bond donors (Lipinski definition) is 0. The minimum Gasteiger partial charge on any atom is -0.365 e. The van der Waals surface area contributed by atoms with Gasteiger partial charge in [-0.05, 0) is 5.57 Å². The number of hydrogen-bond acceptors (Lipinski definition) is 1. The number of carbonyl (C=O) groups excluding carboxylic acids is 1. The predicted octanol–water partition coefficient (Wildman–Crippen LogP) is 0.0791. The van der Waals surface area contributed by atoms with Gasteiger partial charge in [-0.1, -0.05) is 0 Å². The summed E-state index contributed by atoms with van der Waals surface area (Å²) in [4.78, 5) is 9.43. The van der Waals surface area contributed by atoms with Gasteiger partial charge >= 0.3 is 0 Å². The Kier molecular flexibility index (Phi) is 2.81. The van der Waals surface area contributed by atoms with Crippen LogP contribution < -0.4 is 0 Å². The molecule has 0 amide bonds. The maximum Gasteiger partial charge on any atom is 0.158 e. The molecule has 0 heterocycles. The average Bonchev–Trinajstić information content (AvgIpc) is 1.83. The standard InChI is InChI=1S/C7O/c1-3-7(4-2)5-6-8/q-2. The summed E-state index contributed by atoms with van der Waals surface area (Å²) in [5, 5.41) is 0. The van der Waals surface area contributed by atoms with E-state index in [9.17, 15) is 4.79 Å². The highest BCUT2D eigenvalue weighted by Gasteiger charge is 1.57. The van der Waals surface area contributed by atoms with Gasteiger partial charge in [0, 0.05) is 0 Å². The van der Waals surface area contributed by atoms with Crippen molar-refractivity contribution >= 4 is 5.94 Å². The third-order valence-corrected chi connectivity index (χ3v) is 0.426. The van der Waals surface area contributed by atoms with Crippen molar-refractivity contribution in [3.8, 4) is 11.8 Å². The Bertz CT molecular complexity index is 219. The third-order valence-electron chi connectivity index (χ3n) is 0.426. The molecule has 0 aliphatic heterocycles. The first kappa shape index (κ1) is 6.35. The van der Waals surface area contributed by atoms with Gasteiger partial charge in [-0.15, -0.1) is 5.73 Å². The Hall–Kier alpha value is -1.65. The summed E-state index contributed by atoms with van der Waals surface area (Å²) in [6, 6.07) is 0. The van der Waals surface area contributed by atoms with E-state index in [-0.39, 0.29) is 5.57 Å². The number of rotatable bonds is 0. The van der Waals surface area contributed by atoms with Gasteiger partial charge in [-0.25, -0.2) is 4.79 Å². The molecule has 0 saturated heterocycles. The highest BCUT2D eigenvalue weighted by molar-refractivity contribution is 5.52. The molecule has 0 unspecified atom stereocenters. The molecule has 0 rings (SSSR count). The lowest BCUT2D eigenvalue weighted by Gasteiger charge is -1.86. The van der Waals surface area contributed by atoms with E-state index < -0.39 is 0 Å². The van der Waals surface area contributed by atoms with E-state index in [1.165, 1.54) is 5.94 Å². The van der Waals surface area contributed by atoms with E-state index >= 15 is 0 Å². The van der Waals surface area contributed by atoms with Crippen molar-refractivity contribution in [3.05, 3.63) is 24.2 Å². The van der Waals surface area contributed by atoms with Crippen molar-refractivity contribution < 1.29 is 4.79 Å². The molecule has 0 aromatic heterocycles. The van der Waals surface area contributed by atoms with Crippen molar-refractivity contribution in [1.82, 2.24) is 0 Å². The summed E-state index contributed by atoms with van der Waals surface area (Å²) in [6.07, 6.45) is 12.7. The topological polar surface area (TPSA) is 17.1 Å². The molecule has 0 spiro atoms. The van der Waals surface area contributed by atoms with E-state index in [2.05, 4.69) is 0 Å². The Morgan fingerprint density at radius 2 is 1.75 bits per heavy atom. The number of allylic oxidation sites excluding steroid dienone is 1. The largest absolute Gasteiger partial charge is 0.365 e. The van der Waals surface area contributed by atoms with Crippen molar-refractivity contribution in [2.24, 2.45) is 0 Å². The Balaban J connectivity index is 4.76. The molecule has 0 bridgehead atoms. The summed E-state index contributed by atoms with van der Waals surface area (Å²) in [5.41, 5.74) is 1.77. The van der Waals surface area contributed by atoms with Crippen molar-refractivity contribution in [1.29, 1.82) is 0 Å². The molecule has 8 heavy (non-hydrogen) atoms. The molecule has 0 aromatic carbocycles. The lowest BCUT2D eigenvalue weighted by Crippen LogP contribution is -1.63.